The molecular weight excluding hydrogens is 516 g/mol. The summed E-state index contributed by atoms with van der Waals surface area (Å²) in [6.07, 6.45) is 2.21. The van der Waals surface area contributed by atoms with Crippen molar-refractivity contribution in [1.29, 1.82) is 5.41 Å². The van der Waals surface area contributed by atoms with Crippen molar-refractivity contribution in [3.05, 3.63) is 125 Å². The van der Waals surface area contributed by atoms with E-state index >= 15 is 0 Å². The molecule has 4 aromatic carbocycles. The second-order valence-electron chi connectivity index (χ2n) is 9.97. The lowest BCUT2D eigenvalue weighted by Gasteiger charge is -2.15. The number of amides is 2. The summed E-state index contributed by atoms with van der Waals surface area (Å²) in [5.74, 6) is -0.801. The normalized spacial score (nSPS) is 12.3. The molecular formula is C33H30N4O4. The molecule has 1 fully saturated rings. The van der Waals surface area contributed by atoms with Gasteiger partial charge in [-0.2, -0.15) is 0 Å². The van der Waals surface area contributed by atoms with Crippen LogP contribution in [0.15, 0.2) is 97.1 Å². The highest BCUT2D eigenvalue weighted by Gasteiger charge is 2.24. The van der Waals surface area contributed by atoms with E-state index in [1.54, 1.807) is 60.7 Å². The van der Waals surface area contributed by atoms with Gasteiger partial charge in [0.25, 0.3) is 11.8 Å². The van der Waals surface area contributed by atoms with Crippen LogP contribution in [-0.2, 0) is 11.3 Å². The Balaban J connectivity index is 1.46. The second-order valence-corrected chi connectivity index (χ2v) is 9.97. The van der Waals surface area contributed by atoms with Gasteiger partial charge in [-0.1, -0.05) is 54.6 Å². The van der Waals surface area contributed by atoms with Crippen molar-refractivity contribution in [2.24, 2.45) is 11.7 Å². The SMILES string of the molecule is N=C(N)c1ccc(NC(=O)c2ccccc2-c2ccc(C(=O)NCC3CC3)cc2C(=O)OCc2ccccc2)cc1. The maximum Gasteiger partial charge on any atom is 0.339 e. The molecule has 41 heavy (non-hydrogen) atoms. The lowest BCUT2D eigenvalue weighted by atomic mass is 9.93. The largest absolute Gasteiger partial charge is 0.457 e. The molecule has 0 aliphatic heterocycles. The number of benzene rings is 4. The van der Waals surface area contributed by atoms with E-state index in [2.05, 4.69) is 10.6 Å². The number of rotatable bonds is 10. The van der Waals surface area contributed by atoms with Crippen LogP contribution in [0.1, 0.15) is 55.0 Å². The summed E-state index contributed by atoms with van der Waals surface area (Å²) in [6, 6.07) is 27.8. The third-order valence-electron chi connectivity index (χ3n) is 6.88. The Labute approximate surface area is 238 Å². The van der Waals surface area contributed by atoms with Crippen LogP contribution in [0.5, 0.6) is 0 Å². The number of anilines is 1. The third-order valence-corrected chi connectivity index (χ3v) is 6.88. The predicted molar refractivity (Wildman–Crippen MR) is 158 cm³/mol. The van der Waals surface area contributed by atoms with Crippen molar-refractivity contribution < 1.29 is 19.1 Å². The minimum Gasteiger partial charge on any atom is -0.457 e. The predicted octanol–water partition coefficient (Wildman–Crippen LogP) is 5.39. The highest BCUT2D eigenvalue weighted by atomic mass is 16.5. The Morgan fingerprint density at radius 3 is 2.15 bits per heavy atom. The average molecular weight is 547 g/mol. The lowest BCUT2D eigenvalue weighted by molar-refractivity contribution is 0.0473. The minimum atomic E-state index is -0.601. The minimum absolute atomic E-state index is 0.0651. The fraction of sp³-hybridized carbons (Fsp3) is 0.152. The Kier molecular flexibility index (Phi) is 8.20. The number of ether oxygens (including phenoxy) is 1. The van der Waals surface area contributed by atoms with Crippen LogP contribution in [0.3, 0.4) is 0 Å². The van der Waals surface area contributed by atoms with Crippen molar-refractivity contribution >= 4 is 29.3 Å². The van der Waals surface area contributed by atoms with Gasteiger partial charge in [-0.05, 0) is 77.9 Å². The molecule has 1 aliphatic rings. The van der Waals surface area contributed by atoms with Gasteiger partial charge in [0.1, 0.15) is 12.4 Å². The first kappa shape index (κ1) is 27.3. The van der Waals surface area contributed by atoms with Crippen molar-refractivity contribution in [2.45, 2.75) is 19.4 Å². The fourth-order valence-corrected chi connectivity index (χ4v) is 4.40. The smallest absolute Gasteiger partial charge is 0.339 e. The summed E-state index contributed by atoms with van der Waals surface area (Å²) in [5, 5.41) is 13.4. The Bertz CT molecular complexity index is 1600. The van der Waals surface area contributed by atoms with Gasteiger partial charge in [0, 0.05) is 28.9 Å². The zero-order valence-electron chi connectivity index (χ0n) is 22.4. The Hall–Kier alpha value is -5.24. The third kappa shape index (κ3) is 6.86. The van der Waals surface area contributed by atoms with E-state index in [1.807, 2.05) is 30.3 Å². The molecule has 0 unspecified atom stereocenters. The summed E-state index contributed by atoms with van der Waals surface area (Å²) in [5.41, 5.74) is 9.28. The van der Waals surface area contributed by atoms with E-state index in [9.17, 15) is 14.4 Å². The fourth-order valence-electron chi connectivity index (χ4n) is 4.40. The summed E-state index contributed by atoms with van der Waals surface area (Å²) < 4.78 is 5.65. The Morgan fingerprint density at radius 2 is 1.44 bits per heavy atom. The molecule has 0 atom stereocenters. The number of esters is 1. The van der Waals surface area contributed by atoms with Gasteiger partial charge in [-0.3, -0.25) is 15.0 Å². The van der Waals surface area contributed by atoms with Crippen LogP contribution in [-0.4, -0.2) is 30.2 Å². The van der Waals surface area contributed by atoms with Crippen LogP contribution in [0.2, 0.25) is 0 Å². The molecule has 4 aromatic rings. The number of carbonyl (C=O) groups is 3. The maximum absolute atomic E-state index is 13.4. The van der Waals surface area contributed by atoms with Gasteiger partial charge in [0.2, 0.25) is 0 Å². The summed E-state index contributed by atoms with van der Waals surface area (Å²) in [7, 11) is 0. The highest BCUT2D eigenvalue weighted by Crippen LogP contribution is 2.31. The van der Waals surface area contributed by atoms with E-state index in [1.165, 1.54) is 6.07 Å². The topological polar surface area (TPSA) is 134 Å². The van der Waals surface area contributed by atoms with E-state index in [0.29, 0.717) is 46.0 Å². The van der Waals surface area contributed by atoms with Crippen LogP contribution >= 0.6 is 0 Å². The number of nitrogens with two attached hydrogens (primary N) is 1. The van der Waals surface area contributed by atoms with Gasteiger partial charge in [-0.25, -0.2) is 4.79 Å². The molecule has 1 saturated carbocycles. The standard InChI is InChI=1S/C33H30N4O4/c34-30(35)23-12-15-25(16-13-23)37-32(39)28-9-5-4-8-26(28)27-17-14-24(31(38)36-19-21-10-11-21)18-29(27)33(40)41-20-22-6-2-1-3-7-22/h1-9,12-18,21H,10-11,19-20H2,(H3,34,35)(H,36,38)(H,37,39). The zero-order valence-corrected chi connectivity index (χ0v) is 22.4. The van der Waals surface area contributed by atoms with Crippen molar-refractivity contribution in [2.75, 3.05) is 11.9 Å². The number of nitrogen functional groups attached to an aromatic ring is 1. The first-order chi connectivity index (χ1) is 19.9. The van der Waals surface area contributed by atoms with Gasteiger partial charge in [0.15, 0.2) is 0 Å². The summed E-state index contributed by atoms with van der Waals surface area (Å²) >= 11 is 0. The van der Waals surface area contributed by atoms with E-state index in [4.69, 9.17) is 15.9 Å². The van der Waals surface area contributed by atoms with Gasteiger partial charge in [-0.15, -0.1) is 0 Å². The highest BCUT2D eigenvalue weighted by molar-refractivity contribution is 6.11. The number of hydrogen-bond acceptors (Lipinski definition) is 5. The van der Waals surface area contributed by atoms with Gasteiger partial charge in [0.05, 0.1) is 5.56 Å². The quantitative estimate of drug-likeness (QED) is 0.120. The molecule has 0 bridgehead atoms. The number of hydrogen-bond donors (Lipinski definition) is 4. The number of nitrogens with one attached hydrogen (secondary N) is 3. The average Bonchev–Trinajstić information content (AvgIpc) is 3.84. The molecule has 8 nitrogen and oxygen atoms in total. The van der Waals surface area contributed by atoms with Crippen LogP contribution in [0.4, 0.5) is 5.69 Å². The molecule has 0 saturated heterocycles. The van der Waals surface area contributed by atoms with Crippen LogP contribution in [0, 0.1) is 11.3 Å². The molecule has 8 heteroatoms. The molecule has 2 amide bonds. The lowest BCUT2D eigenvalue weighted by Crippen LogP contribution is -2.26. The van der Waals surface area contributed by atoms with Crippen molar-refractivity contribution in [3.63, 3.8) is 0 Å². The molecule has 0 aromatic heterocycles. The molecule has 0 heterocycles. The van der Waals surface area contributed by atoms with Crippen molar-refractivity contribution in [3.8, 4) is 11.1 Å². The summed E-state index contributed by atoms with van der Waals surface area (Å²) in [6.45, 7) is 0.667. The zero-order chi connectivity index (χ0) is 28.8. The van der Waals surface area contributed by atoms with Gasteiger partial charge < -0.3 is 21.1 Å². The van der Waals surface area contributed by atoms with E-state index in [-0.39, 0.29) is 29.8 Å². The number of carbonyl (C=O) groups excluding carboxylic acids is 3. The molecule has 1 aliphatic carbocycles. The molecule has 5 rings (SSSR count). The van der Waals surface area contributed by atoms with Crippen molar-refractivity contribution in [1.82, 2.24) is 5.32 Å². The first-order valence-electron chi connectivity index (χ1n) is 13.4. The number of amidine groups is 1. The second kappa shape index (κ2) is 12.3. The first-order valence-corrected chi connectivity index (χ1v) is 13.4. The molecule has 5 N–H and O–H groups in total. The van der Waals surface area contributed by atoms with E-state index < -0.39 is 5.97 Å². The van der Waals surface area contributed by atoms with E-state index in [0.717, 1.165) is 18.4 Å². The summed E-state index contributed by atoms with van der Waals surface area (Å²) in [4.78, 5) is 39.7. The Morgan fingerprint density at radius 1 is 0.780 bits per heavy atom. The molecule has 0 spiro atoms. The molecule has 0 radical (unpaired) electrons. The van der Waals surface area contributed by atoms with Crippen LogP contribution < -0.4 is 16.4 Å². The maximum atomic E-state index is 13.4. The molecule has 206 valence electrons. The van der Waals surface area contributed by atoms with Gasteiger partial charge >= 0.3 is 5.97 Å². The monoisotopic (exact) mass is 546 g/mol. The van der Waals surface area contributed by atoms with Crippen LogP contribution in [0.25, 0.3) is 11.1 Å².